The van der Waals surface area contributed by atoms with E-state index in [0.717, 1.165) is 6.07 Å². The van der Waals surface area contributed by atoms with E-state index in [1.54, 1.807) is 19.1 Å². The first kappa shape index (κ1) is 17.0. The molecule has 0 radical (unpaired) electrons. The van der Waals surface area contributed by atoms with Crippen LogP contribution in [0.3, 0.4) is 0 Å². The Bertz CT molecular complexity index is 902. The maximum atomic E-state index is 14.3. The molecule has 1 unspecified atom stereocenters. The molecule has 0 spiro atoms. The van der Waals surface area contributed by atoms with E-state index in [1.807, 2.05) is 0 Å². The van der Waals surface area contributed by atoms with Crippen LogP contribution in [0.25, 0.3) is 0 Å². The number of aliphatic hydroxyl groups is 1. The van der Waals surface area contributed by atoms with Crippen molar-refractivity contribution in [3.8, 4) is 0 Å². The second-order valence-corrected chi connectivity index (χ2v) is 7.77. The number of aliphatic hydroxyl groups excluding tert-OH is 1. The van der Waals surface area contributed by atoms with E-state index in [9.17, 15) is 17.9 Å². The number of hydrogen-bond acceptors (Lipinski definition) is 4. The third-order valence-electron chi connectivity index (χ3n) is 3.87. The third kappa shape index (κ3) is 3.33. The van der Waals surface area contributed by atoms with Gasteiger partial charge in [-0.25, -0.2) is 12.8 Å². The second kappa shape index (κ2) is 6.23. The van der Waals surface area contributed by atoms with Gasteiger partial charge in [0.2, 0.25) is 0 Å². The fraction of sp³-hybridized carbons (Fsp3) is 0.250. The molecule has 24 heavy (non-hydrogen) atoms. The summed E-state index contributed by atoms with van der Waals surface area (Å²) in [4.78, 5) is -0.424. The Hall–Kier alpha value is -1.83. The number of rotatable bonds is 3. The maximum Gasteiger partial charge on any atom is 0.264 e. The van der Waals surface area contributed by atoms with Crippen molar-refractivity contribution < 1.29 is 17.9 Å². The minimum Gasteiger partial charge on any atom is -0.374 e. The molecule has 3 rings (SSSR count). The molecule has 2 aromatic carbocycles. The van der Waals surface area contributed by atoms with E-state index >= 15 is 0 Å². The molecular weight excluding hydrogens is 355 g/mol. The van der Waals surface area contributed by atoms with Crippen LogP contribution in [0.15, 0.2) is 35.2 Å². The minimum absolute atomic E-state index is 0.308. The topological polar surface area (TPSA) is 78.4 Å². The molecule has 0 aliphatic carbocycles. The SMILES string of the molecule is Cc1cc(NS(=O)(=O)c2cc3c(cc2F)NC(O)CC3)ccc1Cl. The van der Waals surface area contributed by atoms with E-state index in [4.69, 9.17) is 11.6 Å². The van der Waals surface area contributed by atoms with Gasteiger partial charge in [0.05, 0.1) is 0 Å². The van der Waals surface area contributed by atoms with Crippen LogP contribution in [0.4, 0.5) is 15.8 Å². The summed E-state index contributed by atoms with van der Waals surface area (Å²) in [6.07, 6.45) is 0.142. The highest BCUT2D eigenvalue weighted by Gasteiger charge is 2.24. The Morgan fingerprint density at radius 3 is 2.79 bits per heavy atom. The summed E-state index contributed by atoms with van der Waals surface area (Å²) in [6, 6.07) is 7.06. The summed E-state index contributed by atoms with van der Waals surface area (Å²) in [7, 11) is -4.08. The number of fused-ring (bicyclic) bond motifs is 1. The third-order valence-corrected chi connectivity index (χ3v) is 5.69. The number of aryl methyl sites for hydroxylation is 2. The highest BCUT2D eigenvalue weighted by Crippen LogP contribution is 2.30. The maximum absolute atomic E-state index is 14.3. The molecule has 8 heteroatoms. The lowest BCUT2D eigenvalue weighted by molar-refractivity contribution is 0.189. The molecule has 128 valence electrons. The van der Waals surface area contributed by atoms with Gasteiger partial charge in [-0.15, -0.1) is 0 Å². The molecule has 0 saturated heterocycles. The zero-order valence-electron chi connectivity index (χ0n) is 12.8. The van der Waals surface area contributed by atoms with Gasteiger partial charge in [0.1, 0.15) is 16.9 Å². The lowest BCUT2D eigenvalue weighted by Gasteiger charge is -2.24. The van der Waals surface area contributed by atoms with Crippen molar-refractivity contribution in [3.05, 3.63) is 52.3 Å². The summed E-state index contributed by atoms with van der Waals surface area (Å²) in [5.74, 6) is -0.881. The van der Waals surface area contributed by atoms with Crippen molar-refractivity contribution in [1.29, 1.82) is 0 Å². The molecule has 2 aromatic rings. The van der Waals surface area contributed by atoms with Crippen LogP contribution in [0, 0.1) is 12.7 Å². The highest BCUT2D eigenvalue weighted by atomic mass is 35.5. The van der Waals surface area contributed by atoms with Crippen molar-refractivity contribution >= 4 is 33.0 Å². The number of benzene rings is 2. The number of halogens is 2. The number of hydrogen-bond donors (Lipinski definition) is 3. The van der Waals surface area contributed by atoms with Crippen LogP contribution in [0.1, 0.15) is 17.5 Å². The number of anilines is 2. The van der Waals surface area contributed by atoms with Gasteiger partial charge in [0, 0.05) is 16.4 Å². The van der Waals surface area contributed by atoms with E-state index in [-0.39, 0.29) is 0 Å². The van der Waals surface area contributed by atoms with Crippen LogP contribution in [-0.4, -0.2) is 19.8 Å². The Balaban J connectivity index is 1.96. The predicted molar refractivity (Wildman–Crippen MR) is 91.3 cm³/mol. The van der Waals surface area contributed by atoms with Gasteiger partial charge in [0.25, 0.3) is 10.0 Å². The molecule has 3 N–H and O–H groups in total. The van der Waals surface area contributed by atoms with Crippen LogP contribution < -0.4 is 10.0 Å². The lowest BCUT2D eigenvalue weighted by atomic mass is 10.0. The van der Waals surface area contributed by atoms with Gasteiger partial charge < -0.3 is 10.4 Å². The zero-order chi connectivity index (χ0) is 17.5. The van der Waals surface area contributed by atoms with Crippen molar-refractivity contribution in [2.45, 2.75) is 30.9 Å². The molecule has 0 amide bonds. The van der Waals surface area contributed by atoms with Gasteiger partial charge in [-0.2, -0.15) is 0 Å². The molecule has 1 aliphatic rings. The molecule has 0 aromatic heterocycles. The monoisotopic (exact) mass is 370 g/mol. The summed E-state index contributed by atoms with van der Waals surface area (Å²) >= 11 is 5.92. The van der Waals surface area contributed by atoms with E-state index in [2.05, 4.69) is 10.0 Å². The summed E-state index contributed by atoms with van der Waals surface area (Å²) in [5.41, 5.74) is 2.07. The molecule has 0 fully saturated rings. The first-order valence-corrected chi connectivity index (χ1v) is 9.18. The quantitative estimate of drug-likeness (QED) is 0.774. The fourth-order valence-electron chi connectivity index (χ4n) is 2.60. The average Bonchev–Trinajstić information content (AvgIpc) is 2.49. The lowest BCUT2D eigenvalue weighted by Crippen LogP contribution is -2.25. The zero-order valence-corrected chi connectivity index (χ0v) is 14.4. The largest absolute Gasteiger partial charge is 0.374 e. The summed E-state index contributed by atoms with van der Waals surface area (Å²) in [5, 5.41) is 12.8. The molecule has 1 heterocycles. The molecule has 0 bridgehead atoms. The first-order valence-electron chi connectivity index (χ1n) is 7.32. The fourth-order valence-corrected chi connectivity index (χ4v) is 3.88. The Morgan fingerprint density at radius 2 is 2.08 bits per heavy atom. The smallest absolute Gasteiger partial charge is 0.264 e. The van der Waals surface area contributed by atoms with Crippen LogP contribution in [0.5, 0.6) is 0 Å². The number of sulfonamides is 1. The van der Waals surface area contributed by atoms with Crippen molar-refractivity contribution in [1.82, 2.24) is 0 Å². The van der Waals surface area contributed by atoms with Crippen molar-refractivity contribution in [2.75, 3.05) is 10.0 Å². The highest BCUT2D eigenvalue weighted by molar-refractivity contribution is 7.92. The van der Waals surface area contributed by atoms with Gasteiger partial charge in [-0.3, -0.25) is 4.72 Å². The minimum atomic E-state index is -4.08. The van der Waals surface area contributed by atoms with Crippen LogP contribution in [0.2, 0.25) is 5.02 Å². The molecule has 0 saturated carbocycles. The Labute approximate surface area is 144 Å². The Kier molecular flexibility index (Phi) is 4.42. The van der Waals surface area contributed by atoms with E-state index < -0.39 is 27.0 Å². The van der Waals surface area contributed by atoms with Gasteiger partial charge in [0.15, 0.2) is 0 Å². The van der Waals surface area contributed by atoms with E-state index in [0.29, 0.717) is 40.4 Å². The molecule has 5 nitrogen and oxygen atoms in total. The van der Waals surface area contributed by atoms with Crippen molar-refractivity contribution in [3.63, 3.8) is 0 Å². The normalized spacial score (nSPS) is 17.1. The van der Waals surface area contributed by atoms with Crippen molar-refractivity contribution in [2.24, 2.45) is 0 Å². The standard InChI is InChI=1S/C16H16ClFN2O3S/c1-9-6-11(3-4-12(9)17)20-24(22,23)15-7-10-2-5-16(21)19-14(10)8-13(15)18/h3-4,6-8,16,19-21H,2,5H2,1H3. The van der Waals surface area contributed by atoms with Gasteiger partial charge >= 0.3 is 0 Å². The summed E-state index contributed by atoms with van der Waals surface area (Å²) < 4.78 is 41.7. The first-order chi connectivity index (χ1) is 11.3. The second-order valence-electron chi connectivity index (χ2n) is 5.71. The molecule has 1 aliphatic heterocycles. The number of nitrogens with one attached hydrogen (secondary N) is 2. The van der Waals surface area contributed by atoms with Crippen LogP contribution in [-0.2, 0) is 16.4 Å². The summed E-state index contributed by atoms with van der Waals surface area (Å²) in [6.45, 7) is 1.75. The predicted octanol–water partition coefficient (Wildman–Crippen LogP) is 3.26. The average molecular weight is 371 g/mol. The van der Waals surface area contributed by atoms with E-state index in [1.165, 1.54) is 12.1 Å². The Morgan fingerprint density at radius 1 is 1.33 bits per heavy atom. The molecular formula is C16H16ClFN2O3S. The molecule has 1 atom stereocenters. The van der Waals surface area contributed by atoms with Gasteiger partial charge in [-0.1, -0.05) is 11.6 Å². The van der Waals surface area contributed by atoms with Crippen LogP contribution >= 0.6 is 11.6 Å². The van der Waals surface area contributed by atoms with Gasteiger partial charge in [-0.05, 0) is 61.2 Å².